The summed E-state index contributed by atoms with van der Waals surface area (Å²) < 4.78 is 11.8. The summed E-state index contributed by atoms with van der Waals surface area (Å²) in [4.78, 5) is 25.0. The lowest BCUT2D eigenvalue weighted by atomic mass is 10.0. The molecule has 0 radical (unpaired) electrons. The van der Waals surface area contributed by atoms with E-state index in [-0.39, 0.29) is 11.0 Å². The Hall–Kier alpha value is -3.08. The van der Waals surface area contributed by atoms with Gasteiger partial charge in [-0.3, -0.25) is 4.79 Å². The Morgan fingerprint density at radius 3 is 2.20 bits per heavy atom. The van der Waals surface area contributed by atoms with Crippen molar-refractivity contribution in [3.63, 3.8) is 0 Å². The van der Waals surface area contributed by atoms with Crippen LogP contribution in [0, 0.1) is 13.8 Å². The highest BCUT2D eigenvalue weighted by Gasteiger charge is 2.19. The number of carbonyl (C=O) groups excluding carboxylic acids is 1. The van der Waals surface area contributed by atoms with Gasteiger partial charge in [-0.25, -0.2) is 4.79 Å². The third kappa shape index (κ3) is 2.78. The van der Waals surface area contributed by atoms with Gasteiger partial charge in [-0.05, 0) is 49.2 Å². The molecule has 0 aliphatic carbocycles. The fourth-order valence-corrected chi connectivity index (χ4v) is 2.98. The molecule has 3 aromatic rings. The average Bonchev–Trinajstić information content (AvgIpc) is 2.64. The number of benzene rings is 2. The van der Waals surface area contributed by atoms with Gasteiger partial charge in [0.2, 0.25) is 5.43 Å². The summed E-state index contributed by atoms with van der Waals surface area (Å²) in [5.41, 5.74) is 3.07. The van der Waals surface area contributed by atoms with Crippen molar-refractivity contribution in [3.8, 4) is 11.4 Å². The zero-order valence-electron chi connectivity index (χ0n) is 14.6. The van der Waals surface area contributed by atoms with Gasteiger partial charge in [-0.15, -0.1) is 0 Å². The largest absolute Gasteiger partial charge is 0.497 e. The molecular formula is C20H19NO4. The summed E-state index contributed by atoms with van der Waals surface area (Å²) in [6.07, 6.45) is 1.55. The van der Waals surface area contributed by atoms with Gasteiger partial charge < -0.3 is 14.0 Å². The lowest BCUT2D eigenvalue weighted by Gasteiger charge is -2.16. The SMILES string of the molecule is COC(=O)c1cn(-c2ccc(OC)cc2)c2c(C)ccc(C)c2c1=O. The molecule has 0 atom stereocenters. The van der Waals surface area contributed by atoms with E-state index in [0.717, 1.165) is 28.1 Å². The van der Waals surface area contributed by atoms with Crippen molar-refractivity contribution in [1.29, 1.82) is 0 Å². The highest BCUT2D eigenvalue weighted by atomic mass is 16.5. The van der Waals surface area contributed by atoms with Gasteiger partial charge in [0.05, 0.1) is 25.1 Å². The van der Waals surface area contributed by atoms with E-state index in [9.17, 15) is 9.59 Å². The maximum atomic E-state index is 12.9. The van der Waals surface area contributed by atoms with E-state index < -0.39 is 5.97 Å². The number of rotatable bonds is 3. The molecule has 3 rings (SSSR count). The zero-order valence-corrected chi connectivity index (χ0v) is 14.6. The number of methoxy groups -OCH3 is 2. The summed E-state index contributed by atoms with van der Waals surface area (Å²) in [6, 6.07) is 11.3. The van der Waals surface area contributed by atoms with Crippen LogP contribution in [0.2, 0.25) is 0 Å². The molecule has 0 fully saturated rings. The van der Waals surface area contributed by atoms with Gasteiger partial charge in [0.1, 0.15) is 11.3 Å². The number of hydrogen-bond donors (Lipinski definition) is 0. The molecular weight excluding hydrogens is 318 g/mol. The van der Waals surface area contributed by atoms with Gasteiger partial charge in [-0.2, -0.15) is 0 Å². The van der Waals surface area contributed by atoms with Crippen LogP contribution in [0.3, 0.4) is 0 Å². The topological polar surface area (TPSA) is 57.5 Å². The van der Waals surface area contributed by atoms with Crippen molar-refractivity contribution < 1.29 is 14.3 Å². The Morgan fingerprint density at radius 2 is 1.60 bits per heavy atom. The third-order valence-electron chi connectivity index (χ3n) is 4.31. The minimum atomic E-state index is -0.643. The number of hydrogen-bond acceptors (Lipinski definition) is 4. The van der Waals surface area contributed by atoms with Gasteiger partial charge in [0, 0.05) is 11.9 Å². The predicted molar refractivity (Wildman–Crippen MR) is 96.9 cm³/mol. The molecule has 0 amide bonds. The second kappa shape index (κ2) is 6.43. The molecule has 5 heteroatoms. The van der Waals surface area contributed by atoms with E-state index in [4.69, 9.17) is 9.47 Å². The highest BCUT2D eigenvalue weighted by Crippen LogP contribution is 2.25. The van der Waals surface area contributed by atoms with Crippen LogP contribution in [0.1, 0.15) is 21.5 Å². The number of nitrogens with zero attached hydrogens (tertiary/aromatic N) is 1. The Kier molecular flexibility index (Phi) is 4.31. The molecule has 128 valence electrons. The van der Waals surface area contributed by atoms with Crippen LogP contribution in [0.4, 0.5) is 0 Å². The molecule has 0 aliphatic heterocycles. The monoisotopic (exact) mass is 337 g/mol. The number of pyridine rings is 1. The van der Waals surface area contributed by atoms with E-state index >= 15 is 0 Å². The molecule has 0 saturated carbocycles. The summed E-state index contributed by atoms with van der Waals surface area (Å²) >= 11 is 0. The number of ether oxygens (including phenoxy) is 2. The lowest BCUT2D eigenvalue weighted by molar-refractivity contribution is 0.0599. The zero-order chi connectivity index (χ0) is 18.1. The number of carbonyl (C=O) groups is 1. The van der Waals surface area contributed by atoms with Crippen LogP contribution in [-0.4, -0.2) is 24.8 Å². The number of fused-ring (bicyclic) bond motifs is 1. The van der Waals surface area contributed by atoms with E-state index in [2.05, 4.69) is 0 Å². The highest BCUT2D eigenvalue weighted by molar-refractivity contribution is 5.96. The lowest BCUT2D eigenvalue weighted by Crippen LogP contribution is -2.20. The maximum Gasteiger partial charge on any atom is 0.343 e. The molecule has 1 aromatic heterocycles. The van der Waals surface area contributed by atoms with Crippen molar-refractivity contribution in [2.24, 2.45) is 0 Å². The minimum Gasteiger partial charge on any atom is -0.497 e. The van der Waals surface area contributed by atoms with Crippen LogP contribution in [-0.2, 0) is 4.74 Å². The number of esters is 1. The predicted octanol–water partition coefficient (Wildman–Crippen LogP) is 3.40. The van der Waals surface area contributed by atoms with Gasteiger partial charge >= 0.3 is 5.97 Å². The van der Waals surface area contributed by atoms with Gasteiger partial charge in [0.15, 0.2) is 0 Å². The molecule has 5 nitrogen and oxygen atoms in total. The average molecular weight is 337 g/mol. The second-order valence-corrected chi connectivity index (χ2v) is 5.85. The van der Waals surface area contributed by atoms with Crippen molar-refractivity contribution in [2.75, 3.05) is 14.2 Å². The molecule has 0 bridgehead atoms. The normalized spacial score (nSPS) is 10.7. The van der Waals surface area contributed by atoms with E-state index in [1.807, 2.05) is 54.8 Å². The standard InChI is InChI=1S/C20H19NO4/c1-12-5-6-13(2)18-17(12)19(22)16(20(23)25-4)11-21(18)14-7-9-15(24-3)10-8-14/h5-11H,1-4H3. The van der Waals surface area contributed by atoms with Crippen LogP contribution >= 0.6 is 0 Å². The van der Waals surface area contributed by atoms with Crippen LogP contribution < -0.4 is 10.2 Å². The molecule has 2 aromatic carbocycles. The van der Waals surface area contributed by atoms with Crippen LogP contribution in [0.25, 0.3) is 16.6 Å². The second-order valence-electron chi connectivity index (χ2n) is 5.85. The Morgan fingerprint density at radius 1 is 0.960 bits per heavy atom. The first kappa shape index (κ1) is 16.8. The molecule has 0 unspecified atom stereocenters. The third-order valence-corrected chi connectivity index (χ3v) is 4.31. The first-order valence-corrected chi connectivity index (χ1v) is 7.86. The van der Waals surface area contributed by atoms with Gasteiger partial charge in [-0.1, -0.05) is 12.1 Å². The Bertz CT molecular complexity index is 1020. The summed E-state index contributed by atoms with van der Waals surface area (Å²) in [5.74, 6) is 0.0882. The van der Waals surface area contributed by atoms with Crippen molar-refractivity contribution >= 4 is 16.9 Å². The van der Waals surface area contributed by atoms with E-state index in [1.54, 1.807) is 13.3 Å². The molecule has 25 heavy (non-hydrogen) atoms. The smallest absolute Gasteiger partial charge is 0.343 e. The van der Waals surface area contributed by atoms with Crippen molar-refractivity contribution in [2.45, 2.75) is 13.8 Å². The van der Waals surface area contributed by atoms with Crippen molar-refractivity contribution in [3.05, 3.63) is 69.5 Å². The summed E-state index contributed by atoms with van der Waals surface area (Å²) in [7, 11) is 2.87. The van der Waals surface area contributed by atoms with Crippen LogP contribution in [0.5, 0.6) is 5.75 Å². The molecule has 0 N–H and O–H groups in total. The number of aromatic nitrogens is 1. The van der Waals surface area contributed by atoms with E-state index in [1.165, 1.54) is 7.11 Å². The fraction of sp³-hybridized carbons (Fsp3) is 0.200. The Balaban J connectivity index is 2.44. The molecule has 0 spiro atoms. The van der Waals surface area contributed by atoms with Gasteiger partial charge in [0.25, 0.3) is 0 Å². The number of aryl methyl sites for hydroxylation is 2. The first-order chi connectivity index (χ1) is 12.0. The summed E-state index contributed by atoms with van der Waals surface area (Å²) in [5, 5.41) is 0.527. The van der Waals surface area contributed by atoms with E-state index in [0.29, 0.717) is 5.39 Å². The van der Waals surface area contributed by atoms with Crippen molar-refractivity contribution in [1.82, 2.24) is 4.57 Å². The molecule has 0 aliphatic rings. The molecule has 0 saturated heterocycles. The summed E-state index contributed by atoms with van der Waals surface area (Å²) in [6.45, 7) is 3.81. The Labute approximate surface area is 145 Å². The first-order valence-electron chi connectivity index (χ1n) is 7.86. The van der Waals surface area contributed by atoms with Crippen LogP contribution in [0.15, 0.2) is 47.4 Å². The minimum absolute atomic E-state index is 0.0134. The fourth-order valence-electron chi connectivity index (χ4n) is 2.98. The maximum absolute atomic E-state index is 12.9. The molecule has 1 heterocycles. The quantitative estimate of drug-likeness (QED) is 0.687.